The van der Waals surface area contributed by atoms with Crippen molar-refractivity contribution in [1.29, 1.82) is 0 Å². The van der Waals surface area contributed by atoms with Gasteiger partial charge in [0.2, 0.25) is 0 Å². The van der Waals surface area contributed by atoms with Gasteiger partial charge < -0.3 is 19.1 Å². The molecule has 0 saturated heterocycles. The number of ether oxygens (including phenoxy) is 3. The molecule has 0 aromatic heterocycles. The van der Waals surface area contributed by atoms with Gasteiger partial charge in [0.25, 0.3) is 5.91 Å². The maximum Gasteiger partial charge on any atom is 0.260 e. The van der Waals surface area contributed by atoms with Crippen LogP contribution in [0.2, 0.25) is 0 Å². The van der Waals surface area contributed by atoms with Crippen molar-refractivity contribution >= 4 is 23.4 Å². The summed E-state index contributed by atoms with van der Waals surface area (Å²) in [5, 5.41) is 0. The third kappa shape index (κ3) is 2.93. The van der Waals surface area contributed by atoms with Crippen LogP contribution in [-0.4, -0.2) is 44.4 Å². The highest BCUT2D eigenvalue weighted by molar-refractivity contribution is 6.05. The third-order valence-corrected chi connectivity index (χ3v) is 4.89. The van der Waals surface area contributed by atoms with Gasteiger partial charge in [0.05, 0.1) is 38.6 Å². The minimum atomic E-state index is -0.112. The Balaban J connectivity index is 1.70. The van der Waals surface area contributed by atoms with Crippen LogP contribution in [-0.2, 0) is 0 Å². The molecular weight excluding hydrogens is 344 g/mol. The molecule has 138 valence electrons. The number of carbonyl (C=O) groups excluding carboxylic acids is 1. The van der Waals surface area contributed by atoms with Crippen LogP contribution in [0.3, 0.4) is 0 Å². The number of rotatable bonds is 4. The van der Waals surface area contributed by atoms with Crippen LogP contribution in [0.15, 0.2) is 47.6 Å². The Morgan fingerprint density at radius 2 is 1.70 bits per heavy atom. The highest BCUT2D eigenvalue weighted by Gasteiger charge is 2.33. The molecule has 0 aliphatic carbocycles. The van der Waals surface area contributed by atoms with Gasteiger partial charge in [-0.1, -0.05) is 12.1 Å². The molecule has 27 heavy (non-hydrogen) atoms. The average molecular weight is 364 g/mol. The molecule has 4 rings (SSSR count). The van der Waals surface area contributed by atoms with Crippen molar-refractivity contribution in [2.24, 2.45) is 4.99 Å². The molecule has 1 atom stereocenters. The van der Waals surface area contributed by atoms with Crippen LogP contribution in [0.4, 0.5) is 5.69 Å². The fraction of sp³-hybridized carbons (Fsp3) is 0.238. The molecule has 0 bridgehead atoms. The monoisotopic (exact) mass is 364 g/mol. The third-order valence-electron chi connectivity index (χ3n) is 4.89. The molecule has 2 aliphatic heterocycles. The van der Waals surface area contributed by atoms with E-state index in [4.69, 9.17) is 14.2 Å². The van der Waals surface area contributed by atoms with Crippen LogP contribution in [0.1, 0.15) is 22.3 Å². The summed E-state index contributed by atoms with van der Waals surface area (Å²) in [5.74, 6) is 1.77. The maximum absolute atomic E-state index is 13.1. The topological polar surface area (TPSA) is 60.4 Å². The summed E-state index contributed by atoms with van der Waals surface area (Å²) in [6.45, 7) is 0. The summed E-state index contributed by atoms with van der Waals surface area (Å²) in [6, 6.07) is 11.2. The molecule has 0 fully saturated rings. The normalized spacial score (nSPS) is 17.7. The summed E-state index contributed by atoms with van der Waals surface area (Å²) in [5.41, 5.74) is 3.24. The zero-order valence-electron chi connectivity index (χ0n) is 15.4. The summed E-state index contributed by atoms with van der Waals surface area (Å²) in [7, 11) is 4.76. The summed E-state index contributed by atoms with van der Waals surface area (Å²) in [6.07, 6.45) is 4.44. The van der Waals surface area contributed by atoms with E-state index in [1.54, 1.807) is 38.4 Å². The van der Waals surface area contributed by atoms with Crippen molar-refractivity contribution in [3.05, 3.63) is 53.7 Å². The van der Waals surface area contributed by atoms with Gasteiger partial charge in [0, 0.05) is 24.9 Å². The van der Waals surface area contributed by atoms with Crippen LogP contribution < -0.4 is 14.2 Å². The van der Waals surface area contributed by atoms with Gasteiger partial charge in [-0.15, -0.1) is 0 Å². The number of benzene rings is 2. The average Bonchev–Trinajstić information content (AvgIpc) is 3.10. The largest absolute Gasteiger partial charge is 0.497 e. The first-order chi connectivity index (χ1) is 13.1. The Morgan fingerprint density at radius 3 is 2.37 bits per heavy atom. The standard InChI is InChI=1S/C21H20N2O4/c1-25-16-6-4-13(5-7-16)14-8-15-11-22-18-10-20(27-3)19(26-2)9-17(18)21(24)23(15)12-14/h4-7,9-12,15H,8H2,1-3H3/t15-/m0/s1. The van der Waals surface area contributed by atoms with Gasteiger partial charge in [0.15, 0.2) is 11.5 Å². The van der Waals surface area contributed by atoms with E-state index in [-0.39, 0.29) is 11.9 Å². The molecule has 0 N–H and O–H groups in total. The molecule has 0 spiro atoms. The van der Waals surface area contributed by atoms with E-state index in [0.29, 0.717) is 29.2 Å². The van der Waals surface area contributed by atoms with E-state index in [1.165, 1.54) is 0 Å². The van der Waals surface area contributed by atoms with Crippen molar-refractivity contribution < 1.29 is 19.0 Å². The second-order valence-electron chi connectivity index (χ2n) is 6.37. The number of fused-ring (bicyclic) bond motifs is 2. The summed E-state index contributed by atoms with van der Waals surface area (Å²) in [4.78, 5) is 19.4. The van der Waals surface area contributed by atoms with Crippen LogP contribution >= 0.6 is 0 Å². The van der Waals surface area contributed by atoms with Crippen molar-refractivity contribution in [3.63, 3.8) is 0 Å². The molecule has 6 heteroatoms. The van der Waals surface area contributed by atoms with Crippen molar-refractivity contribution in [1.82, 2.24) is 4.90 Å². The molecule has 2 aromatic carbocycles. The first kappa shape index (κ1) is 17.1. The van der Waals surface area contributed by atoms with Crippen molar-refractivity contribution in [3.8, 4) is 17.2 Å². The molecule has 0 saturated carbocycles. The van der Waals surface area contributed by atoms with Gasteiger partial charge in [0.1, 0.15) is 5.75 Å². The van der Waals surface area contributed by atoms with Gasteiger partial charge in [-0.3, -0.25) is 9.79 Å². The number of methoxy groups -OCH3 is 3. The Labute approximate surface area is 157 Å². The van der Waals surface area contributed by atoms with E-state index < -0.39 is 0 Å². The number of hydrogen-bond donors (Lipinski definition) is 0. The quantitative estimate of drug-likeness (QED) is 0.830. The van der Waals surface area contributed by atoms with Gasteiger partial charge in [-0.05, 0) is 29.3 Å². The second kappa shape index (κ2) is 6.79. The first-order valence-electron chi connectivity index (χ1n) is 8.62. The Hall–Kier alpha value is -3.28. The number of hydrogen-bond acceptors (Lipinski definition) is 5. The Morgan fingerprint density at radius 1 is 1.00 bits per heavy atom. The van der Waals surface area contributed by atoms with Gasteiger partial charge in [-0.25, -0.2) is 0 Å². The molecule has 1 amide bonds. The zero-order chi connectivity index (χ0) is 19.0. The first-order valence-corrected chi connectivity index (χ1v) is 8.62. The van der Waals surface area contributed by atoms with Gasteiger partial charge >= 0.3 is 0 Å². The fourth-order valence-corrected chi connectivity index (χ4v) is 3.42. The van der Waals surface area contributed by atoms with E-state index in [2.05, 4.69) is 4.99 Å². The van der Waals surface area contributed by atoms with Gasteiger partial charge in [-0.2, -0.15) is 0 Å². The molecule has 2 aromatic rings. The minimum absolute atomic E-state index is 0.100. The zero-order valence-corrected chi connectivity index (χ0v) is 15.4. The Kier molecular flexibility index (Phi) is 4.32. The molecule has 2 heterocycles. The molecule has 0 radical (unpaired) electrons. The molecule has 0 unspecified atom stereocenters. The minimum Gasteiger partial charge on any atom is -0.497 e. The van der Waals surface area contributed by atoms with Crippen molar-refractivity contribution in [2.75, 3.05) is 21.3 Å². The highest BCUT2D eigenvalue weighted by Crippen LogP contribution is 2.39. The predicted molar refractivity (Wildman–Crippen MR) is 103 cm³/mol. The lowest BCUT2D eigenvalue weighted by Crippen LogP contribution is -2.32. The maximum atomic E-state index is 13.1. The number of carbonyl (C=O) groups is 1. The van der Waals surface area contributed by atoms with Crippen molar-refractivity contribution in [2.45, 2.75) is 12.5 Å². The summed E-state index contributed by atoms with van der Waals surface area (Å²) < 4.78 is 15.9. The SMILES string of the molecule is COc1ccc(C2=CN3C(=O)c4cc(OC)c(OC)cc4N=C[C@@H]3C2)cc1. The smallest absolute Gasteiger partial charge is 0.260 e. The van der Waals surface area contributed by atoms with Crippen LogP contribution in [0.5, 0.6) is 17.2 Å². The Bertz CT molecular complexity index is 947. The lowest BCUT2D eigenvalue weighted by Gasteiger charge is -2.18. The van der Waals surface area contributed by atoms with E-state index in [9.17, 15) is 4.79 Å². The van der Waals surface area contributed by atoms with Crippen LogP contribution in [0.25, 0.3) is 5.57 Å². The number of aliphatic imine (C=N–C) groups is 1. The number of amides is 1. The number of nitrogens with zero attached hydrogens (tertiary/aromatic N) is 2. The fourth-order valence-electron chi connectivity index (χ4n) is 3.42. The lowest BCUT2D eigenvalue weighted by atomic mass is 10.0. The molecule has 2 aliphatic rings. The highest BCUT2D eigenvalue weighted by atomic mass is 16.5. The van der Waals surface area contributed by atoms with E-state index >= 15 is 0 Å². The predicted octanol–water partition coefficient (Wildman–Crippen LogP) is 3.68. The van der Waals surface area contributed by atoms with Crippen LogP contribution in [0, 0.1) is 0 Å². The molecule has 6 nitrogen and oxygen atoms in total. The lowest BCUT2D eigenvalue weighted by molar-refractivity contribution is 0.0817. The second-order valence-corrected chi connectivity index (χ2v) is 6.37. The van der Waals surface area contributed by atoms with E-state index in [0.717, 1.165) is 16.9 Å². The molecular formula is C21H20N2O4. The van der Waals surface area contributed by atoms with E-state index in [1.807, 2.05) is 36.7 Å². The summed E-state index contributed by atoms with van der Waals surface area (Å²) >= 11 is 0.